The predicted molar refractivity (Wildman–Crippen MR) is 131 cm³/mol. The molecule has 5 nitrogen and oxygen atoms in total. The van der Waals surface area contributed by atoms with E-state index in [4.69, 9.17) is 53.4 Å². The summed E-state index contributed by atoms with van der Waals surface area (Å²) in [6.07, 6.45) is -1.99. The fraction of sp³-hybridized carbons (Fsp3) is 0.696. The summed E-state index contributed by atoms with van der Waals surface area (Å²) in [6.45, 7) is 16.4. The van der Waals surface area contributed by atoms with Crippen molar-refractivity contribution in [2.75, 3.05) is 6.61 Å². The lowest BCUT2D eigenvalue weighted by molar-refractivity contribution is -0.398. The zero-order valence-corrected chi connectivity index (χ0v) is 23.4. The first-order valence-corrected chi connectivity index (χ1v) is 14.8. The molecule has 1 aliphatic rings. The molecule has 0 aromatic heterocycles. The monoisotopic (exact) mass is 524 g/mol. The molecule has 0 amide bonds. The largest absolute Gasteiger partial charge is 0.466 e. The van der Waals surface area contributed by atoms with E-state index in [-0.39, 0.29) is 18.1 Å². The molecule has 1 aromatic rings. The summed E-state index contributed by atoms with van der Waals surface area (Å²) in [5.74, 6) is -1.90. The second-order valence-electron chi connectivity index (χ2n) is 10.2. The van der Waals surface area contributed by atoms with Gasteiger partial charge in [-0.2, -0.15) is 0 Å². The summed E-state index contributed by atoms with van der Waals surface area (Å²) in [5, 5.41) is -0.163. The molecule has 0 unspecified atom stereocenters. The smallest absolute Gasteiger partial charge is 0.311 e. The molecule has 1 saturated heterocycles. The first-order valence-electron chi connectivity index (χ1n) is 10.8. The quantitative estimate of drug-likeness (QED) is 0.224. The van der Waals surface area contributed by atoms with Crippen LogP contribution in [0.4, 0.5) is 0 Å². The maximum atomic E-state index is 12.8. The minimum Gasteiger partial charge on any atom is -0.466 e. The average molecular weight is 526 g/mol. The van der Waals surface area contributed by atoms with Gasteiger partial charge >= 0.3 is 5.97 Å². The molecule has 3 atom stereocenters. The normalized spacial score (nSPS) is 26.6. The van der Waals surface area contributed by atoms with E-state index in [0.29, 0.717) is 0 Å². The highest BCUT2D eigenvalue weighted by molar-refractivity contribution is 6.74. The summed E-state index contributed by atoms with van der Waals surface area (Å²) in [5.41, 5.74) is 0.0235. The molecule has 182 valence electrons. The Kier molecular flexibility index (Phi) is 8.48. The maximum absolute atomic E-state index is 12.8. The number of esters is 1. The Morgan fingerprint density at radius 1 is 1.12 bits per heavy atom. The van der Waals surface area contributed by atoms with Crippen LogP contribution in [0.2, 0.25) is 18.1 Å². The van der Waals surface area contributed by atoms with Crippen molar-refractivity contribution in [2.45, 2.75) is 88.1 Å². The van der Waals surface area contributed by atoms with E-state index < -0.39 is 41.7 Å². The van der Waals surface area contributed by atoms with Crippen molar-refractivity contribution in [3.8, 4) is 0 Å². The predicted octanol–water partition coefficient (Wildman–Crippen LogP) is 7.17. The van der Waals surface area contributed by atoms with Gasteiger partial charge < -0.3 is 18.6 Å². The Labute approximate surface area is 208 Å². The van der Waals surface area contributed by atoms with Crippen LogP contribution in [-0.4, -0.2) is 36.8 Å². The Morgan fingerprint density at radius 2 is 1.69 bits per heavy atom. The van der Waals surface area contributed by atoms with E-state index in [1.807, 2.05) is 44.2 Å². The summed E-state index contributed by atoms with van der Waals surface area (Å²) < 4.78 is 22.9. The van der Waals surface area contributed by atoms with E-state index in [9.17, 15) is 4.79 Å². The van der Waals surface area contributed by atoms with Crippen LogP contribution in [0.25, 0.3) is 0 Å². The second-order valence-corrected chi connectivity index (χ2v) is 17.3. The first kappa shape index (κ1) is 27.9. The number of carbonyl (C=O) groups excluding carboxylic acids is 1. The highest BCUT2D eigenvalue weighted by atomic mass is 35.6. The van der Waals surface area contributed by atoms with Gasteiger partial charge in [-0.15, -0.1) is 0 Å². The molecule has 1 heterocycles. The third-order valence-electron chi connectivity index (χ3n) is 6.47. The molecular formula is C23H35Cl3O5Si. The van der Waals surface area contributed by atoms with E-state index in [0.717, 1.165) is 5.56 Å². The lowest BCUT2D eigenvalue weighted by atomic mass is 9.73. The van der Waals surface area contributed by atoms with E-state index in [2.05, 4.69) is 33.9 Å². The highest BCUT2D eigenvalue weighted by Gasteiger charge is 2.64. The molecule has 0 aliphatic carbocycles. The number of ether oxygens (including phenoxy) is 3. The number of alkyl halides is 3. The lowest BCUT2D eigenvalue weighted by Gasteiger charge is -2.58. The van der Waals surface area contributed by atoms with Crippen LogP contribution < -0.4 is 0 Å². The number of hydrogen-bond donors (Lipinski definition) is 0. The molecular weight excluding hydrogens is 491 g/mol. The van der Waals surface area contributed by atoms with Gasteiger partial charge in [-0.25, -0.2) is 0 Å². The van der Waals surface area contributed by atoms with Crippen LogP contribution in [0.15, 0.2) is 30.3 Å². The van der Waals surface area contributed by atoms with Crippen molar-refractivity contribution in [1.29, 1.82) is 0 Å². The summed E-state index contributed by atoms with van der Waals surface area (Å²) >= 11 is 18.8. The molecule has 9 heteroatoms. The summed E-state index contributed by atoms with van der Waals surface area (Å²) in [6, 6.07) is 9.62. The first-order chi connectivity index (χ1) is 14.5. The molecule has 1 aromatic carbocycles. The van der Waals surface area contributed by atoms with Gasteiger partial charge in [-0.1, -0.05) is 99.8 Å². The van der Waals surface area contributed by atoms with Crippen molar-refractivity contribution in [2.24, 2.45) is 5.41 Å². The van der Waals surface area contributed by atoms with Crippen LogP contribution in [0.1, 0.15) is 59.6 Å². The molecule has 2 rings (SSSR count). The summed E-state index contributed by atoms with van der Waals surface area (Å²) in [4.78, 5) is 12.8. The molecule has 0 spiro atoms. The Balaban J connectivity index is 2.71. The average Bonchev–Trinajstić information content (AvgIpc) is 2.62. The van der Waals surface area contributed by atoms with Gasteiger partial charge in [0.2, 0.25) is 10.1 Å². The molecule has 0 saturated carbocycles. The van der Waals surface area contributed by atoms with Crippen LogP contribution in [0.3, 0.4) is 0 Å². The molecule has 0 bridgehead atoms. The molecule has 0 radical (unpaired) electrons. The van der Waals surface area contributed by atoms with Crippen molar-refractivity contribution in [3.05, 3.63) is 35.9 Å². The fourth-order valence-corrected chi connectivity index (χ4v) is 5.34. The minimum atomic E-state index is -2.48. The van der Waals surface area contributed by atoms with E-state index >= 15 is 0 Å². The van der Waals surface area contributed by atoms with Crippen LogP contribution in [0.5, 0.6) is 0 Å². The van der Waals surface area contributed by atoms with Crippen molar-refractivity contribution >= 4 is 49.1 Å². The third kappa shape index (κ3) is 5.83. The Bertz CT molecular complexity index is 789. The van der Waals surface area contributed by atoms with Gasteiger partial charge in [0.15, 0.2) is 14.1 Å². The molecule has 1 fully saturated rings. The van der Waals surface area contributed by atoms with Crippen LogP contribution >= 0.6 is 34.8 Å². The highest BCUT2D eigenvalue weighted by Crippen LogP contribution is 2.58. The Hall–Kier alpha value is -0.343. The van der Waals surface area contributed by atoms with E-state index in [1.165, 1.54) is 0 Å². The van der Waals surface area contributed by atoms with Gasteiger partial charge in [-0.3, -0.25) is 4.79 Å². The number of carbonyl (C=O) groups is 1. The minimum absolute atomic E-state index is 0.162. The number of hydrogen-bond acceptors (Lipinski definition) is 5. The second kappa shape index (κ2) is 9.72. The van der Waals surface area contributed by atoms with Crippen LogP contribution in [-0.2, 0) is 23.4 Å². The zero-order valence-electron chi connectivity index (χ0n) is 20.1. The van der Waals surface area contributed by atoms with Gasteiger partial charge in [-0.05, 0) is 30.6 Å². The summed E-state index contributed by atoms with van der Waals surface area (Å²) in [7, 11) is -2.48. The fourth-order valence-electron chi connectivity index (χ4n) is 3.54. The standard InChI is InChI=1S/C23H35Cl3O5Si/c1-9-28-17(27)15-22(31-32(7,8)20(2,3)4)21(5,6)18(16-13-11-10-12-14-16)29-19(30-22)23(24,25)26/h10-14,18-19H,9,15H2,1-8H3/t18-,19-,22-/m1/s1. The molecule has 32 heavy (non-hydrogen) atoms. The van der Waals surface area contributed by atoms with E-state index in [1.54, 1.807) is 6.92 Å². The van der Waals surface area contributed by atoms with Crippen molar-refractivity contribution in [3.63, 3.8) is 0 Å². The third-order valence-corrected chi connectivity index (χ3v) is 11.5. The van der Waals surface area contributed by atoms with Crippen molar-refractivity contribution < 1.29 is 23.4 Å². The van der Waals surface area contributed by atoms with Gasteiger partial charge in [0.05, 0.1) is 19.1 Å². The van der Waals surface area contributed by atoms with Gasteiger partial charge in [0.25, 0.3) is 0 Å². The number of halogens is 3. The Morgan fingerprint density at radius 3 is 2.16 bits per heavy atom. The number of benzene rings is 1. The maximum Gasteiger partial charge on any atom is 0.311 e. The molecule has 0 N–H and O–H groups in total. The topological polar surface area (TPSA) is 54.0 Å². The van der Waals surface area contributed by atoms with Gasteiger partial charge in [0, 0.05) is 5.41 Å². The van der Waals surface area contributed by atoms with Crippen molar-refractivity contribution in [1.82, 2.24) is 0 Å². The molecule has 1 aliphatic heterocycles. The van der Waals surface area contributed by atoms with Gasteiger partial charge in [0.1, 0.15) is 0 Å². The SMILES string of the molecule is CCOC(=O)C[C@]1(O[Si](C)(C)C(C)(C)C)O[C@H](C(Cl)(Cl)Cl)O[C@H](c2ccccc2)C1(C)C. The number of rotatable bonds is 6. The lowest BCUT2D eigenvalue weighted by Crippen LogP contribution is -2.66. The zero-order chi connectivity index (χ0) is 24.6. The van der Waals surface area contributed by atoms with Crippen LogP contribution in [0, 0.1) is 5.41 Å².